The topological polar surface area (TPSA) is 72.8 Å². The molecule has 5 heteroatoms. The Morgan fingerprint density at radius 1 is 1.24 bits per heavy atom. The first-order valence-corrected chi connectivity index (χ1v) is 12.1. The number of allylic oxidation sites excluding steroid dienone is 7. The van der Waals surface area contributed by atoms with Crippen LogP contribution in [0.1, 0.15) is 59.8 Å². The van der Waals surface area contributed by atoms with Crippen molar-refractivity contribution in [3.8, 4) is 0 Å². The van der Waals surface area contributed by atoms with Gasteiger partial charge in [0, 0.05) is 36.6 Å². The van der Waals surface area contributed by atoms with Gasteiger partial charge in [0.25, 0.3) is 0 Å². The lowest BCUT2D eigenvalue weighted by Gasteiger charge is -2.54. The molecule has 174 valence electrons. The SMILES string of the molecule is CC(=O)OCC(=O)[C@@]1(C)[C@H](C2=CN=CC2)CC2C3CCC4=CC(=O)C=C[C@]4(C)C3=CC[C@@]21C. The van der Waals surface area contributed by atoms with E-state index in [-0.39, 0.29) is 34.9 Å². The molecule has 5 rings (SSSR count). The van der Waals surface area contributed by atoms with E-state index in [1.54, 1.807) is 6.08 Å². The first-order valence-electron chi connectivity index (χ1n) is 12.1. The number of Topliss-reactive ketones (excluding diaryl/α,β-unsaturated/α-hetero) is 1. The third-order valence-electron chi connectivity index (χ3n) is 9.82. The van der Waals surface area contributed by atoms with Crippen molar-refractivity contribution < 1.29 is 19.1 Å². The Hall–Kier alpha value is -2.56. The van der Waals surface area contributed by atoms with E-state index >= 15 is 0 Å². The number of esters is 1. The van der Waals surface area contributed by atoms with Gasteiger partial charge in [-0.1, -0.05) is 37.1 Å². The van der Waals surface area contributed by atoms with Crippen molar-refractivity contribution in [2.24, 2.45) is 39.0 Å². The first kappa shape index (κ1) is 22.2. The number of ether oxygens (including phenoxy) is 1. The quantitative estimate of drug-likeness (QED) is 0.452. The van der Waals surface area contributed by atoms with E-state index in [4.69, 9.17) is 4.74 Å². The van der Waals surface area contributed by atoms with Crippen LogP contribution in [0, 0.1) is 34.0 Å². The zero-order chi connectivity index (χ0) is 23.6. The molecule has 0 N–H and O–H groups in total. The molecule has 0 aromatic heterocycles. The van der Waals surface area contributed by atoms with Crippen molar-refractivity contribution >= 4 is 23.8 Å². The summed E-state index contributed by atoms with van der Waals surface area (Å²) in [5.41, 5.74) is 2.78. The minimum atomic E-state index is -0.635. The van der Waals surface area contributed by atoms with Crippen LogP contribution in [0.25, 0.3) is 0 Å². The highest BCUT2D eigenvalue weighted by Gasteiger charge is 2.67. The molecule has 1 heterocycles. The molecule has 33 heavy (non-hydrogen) atoms. The Kier molecular flexibility index (Phi) is 5.04. The number of carbonyl (C=O) groups is 3. The van der Waals surface area contributed by atoms with Crippen LogP contribution in [0.15, 0.2) is 52.2 Å². The summed E-state index contributed by atoms with van der Waals surface area (Å²) in [5, 5.41) is 0. The minimum absolute atomic E-state index is 0.0168. The van der Waals surface area contributed by atoms with Crippen LogP contribution in [0.2, 0.25) is 0 Å². The summed E-state index contributed by atoms with van der Waals surface area (Å²) in [7, 11) is 0. The highest BCUT2D eigenvalue weighted by Crippen LogP contribution is 2.70. The summed E-state index contributed by atoms with van der Waals surface area (Å²) >= 11 is 0. The van der Waals surface area contributed by atoms with E-state index in [1.165, 1.54) is 23.6 Å². The maximum atomic E-state index is 13.8. The molecule has 0 saturated heterocycles. The van der Waals surface area contributed by atoms with Gasteiger partial charge in [-0.2, -0.15) is 0 Å². The average Bonchev–Trinajstić information content (AvgIpc) is 3.38. The molecule has 2 fully saturated rings. The predicted molar refractivity (Wildman–Crippen MR) is 126 cm³/mol. The van der Waals surface area contributed by atoms with Crippen molar-refractivity contribution in [3.63, 3.8) is 0 Å². The molecule has 0 radical (unpaired) electrons. The summed E-state index contributed by atoms with van der Waals surface area (Å²) < 4.78 is 5.22. The molecular weight excluding hydrogens is 414 g/mol. The average molecular weight is 448 g/mol. The number of hydrogen-bond acceptors (Lipinski definition) is 5. The number of ketones is 2. The molecule has 5 nitrogen and oxygen atoms in total. The molecule has 2 saturated carbocycles. The van der Waals surface area contributed by atoms with E-state index in [1.807, 2.05) is 18.5 Å². The summed E-state index contributed by atoms with van der Waals surface area (Å²) in [6, 6.07) is 0. The fourth-order valence-electron chi connectivity index (χ4n) is 7.74. The van der Waals surface area contributed by atoms with Crippen molar-refractivity contribution in [2.45, 2.75) is 59.8 Å². The van der Waals surface area contributed by atoms with Gasteiger partial charge in [0.1, 0.15) is 0 Å². The monoisotopic (exact) mass is 447 g/mol. The standard InChI is InChI=1S/C28H33NO4/c1-17(30)33-16-25(32)28(4)23(18-9-12-29-15-18)14-24-21-6-5-19-13-20(31)7-10-26(19,2)22(21)8-11-27(24,28)3/h7-8,10,12-13,15,21,23-24H,5-6,9,11,14,16H2,1-4H3/t21?,23-,24?,26-,27-,28+/m0/s1. The van der Waals surface area contributed by atoms with Crippen LogP contribution in [-0.2, 0) is 19.1 Å². The van der Waals surface area contributed by atoms with Gasteiger partial charge in [-0.05, 0) is 73.5 Å². The van der Waals surface area contributed by atoms with Gasteiger partial charge in [0.05, 0.1) is 0 Å². The Labute approximate surface area is 195 Å². The minimum Gasteiger partial charge on any atom is -0.458 e. The van der Waals surface area contributed by atoms with E-state index in [2.05, 4.69) is 37.9 Å². The lowest BCUT2D eigenvalue weighted by atomic mass is 9.49. The highest BCUT2D eigenvalue weighted by molar-refractivity contribution is 6.01. The third-order valence-corrected chi connectivity index (χ3v) is 9.82. The van der Waals surface area contributed by atoms with Crippen LogP contribution < -0.4 is 0 Å². The lowest BCUT2D eigenvalue weighted by molar-refractivity contribution is -0.153. The summed E-state index contributed by atoms with van der Waals surface area (Å²) in [6.07, 6.45) is 16.3. The smallest absolute Gasteiger partial charge is 0.303 e. The fraction of sp³-hybridized carbons (Fsp3) is 0.571. The van der Waals surface area contributed by atoms with Crippen LogP contribution >= 0.6 is 0 Å². The van der Waals surface area contributed by atoms with E-state index in [0.29, 0.717) is 11.8 Å². The second-order valence-electron chi connectivity index (χ2n) is 11.1. The Morgan fingerprint density at radius 3 is 2.73 bits per heavy atom. The Balaban J connectivity index is 1.57. The molecule has 0 aromatic carbocycles. The summed E-state index contributed by atoms with van der Waals surface area (Å²) in [4.78, 5) is 41.7. The van der Waals surface area contributed by atoms with Gasteiger partial charge in [-0.25, -0.2) is 0 Å². The summed E-state index contributed by atoms with van der Waals surface area (Å²) in [5.74, 6) is 0.481. The van der Waals surface area contributed by atoms with Gasteiger partial charge >= 0.3 is 5.97 Å². The van der Waals surface area contributed by atoms with E-state index in [0.717, 1.165) is 32.1 Å². The van der Waals surface area contributed by atoms with Crippen LogP contribution in [-0.4, -0.2) is 30.4 Å². The molecule has 0 bridgehead atoms. The second kappa shape index (κ2) is 7.48. The molecule has 0 spiro atoms. The van der Waals surface area contributed by atoms with E-state index in [9.17, 15) is 14.4 Å². The molecule has 0 aromatic rings. The highest BCUT2D eigenvalue weighted by atomic mass is 16.5. The maximum Gasteiger partial charge on any atom is 0.303 e. The molecule has 2 unspecified atom stereocenters. The molecule has 1 aliphatic heterocycles. The molecular formula is C28H33NO4. The van der Waals surface area contributed by atoms with Crippen LogP contribution in [0.4, 0.5) is 0 Å². The molecule has 0 amide bonds. The van der Waals surface area contributed by atoms with Gasteiger partial charge in [0.15, 0.2) is 18.2 Å². The third kappa shape index (κ3) is 3.04. The second-order valence-corrected chi connectivity index (χ2v) is 11.1. The number of fused-ring (bicyclic) bond motifs is 5. The number of rotatable bonds is 4. The number of aliphatic imine (C=N–C) groups is 1. The number of hydrogen-bond donors (Lipinski definition) is 0. The van der Waals surface area contributed by atoms with Gasteiger partial charge in [0.2, 0.25) is 0 Å². The molecule has 4 aliphatic carbocycles. The van der Waals surface area contributed by atoms with Crippen molar-refractivity contribution in [1.82, 2.24) is 0 Å². The zero-order valence-corrected chi connectivity index (χ0v) is 20.0. The number of nitrogens with zero attached hydrogens (tertiary/aromatic N) is 1. The summed E-state index contributed by atoms with van der Waals surface area (Å²) in [6.45, 7) is 7.81. The van der Waals surface area contributed by atoms with Gasteiger partial charge < -0.3 is 4.74 Å². The van der Waals surface area contributed by atoms with Crippen molar-refractivity contribution in [1.29, 1.82) is 0 Å². The van der Waals surface area contributed by atoms with Crippen LogP contribution in [0.3, 0.4) is 0 Å². The maximum absolute atomic E-state index is 13.8. The van der Waals surface area contributed by atoms with Gasteiger partial charge in [-0.3, -0.25) is 19.4 Å². The van der Waals surface area contributed by atoms with Gasteiger partial charge in [-0.15, -0.1) is 0 Å². The molecule has 6 atom stereocenters. The first-order chi connectivity index (χ1) is 15.6. The van der Waals surface area contributed by atoms with E-state index < -0.39 is 11.4 Å². The molecule has 5 aliphatic rings. The zero-order valence-electron chi connectivity index (χ0n) is 20.0. The lowest BCUT2D eigenvalue weighted by Crippen LogP contribution is -2.51. The largest absolute Gasteiger partial charge is 0.458 e. The normalized spacial score (nSPS) is 40.9. The van der Waals surface area contributed by atoms with Crippen LogP contribution in [0.5, 0.6) is 0 Å². The number of carbonyl (C=O) groups excluding carboxylic acids is 3. The van der Waals surface area contributed by atoms with Crippen molar-refractivity contribution in [3.05, 3.63) is 47.2 Å². The van der Waals surface area contributed by atoms with Crippen molar-refractivity contribution in [2.75, 3.05) is 6.61 Å². The Bertz CT molecular complexity index is 1090. The Morgan fingerprint density at radius 2 is 2.03 bits per heavy atom. The fourth-order valence-corrected chi connectivity index (χ4v) is 7.74. The predicted octanol–water partition coefficient (Wildman–Crippen LogP) is 4.94.